The molecule has 1 aliphatic rings. The summed E-state index contributed by atoms with van der Waals surface area (Å²) < 4.78 is 0. The maximum absolute atomic E-state index is 12.2. The van der Waals surface area contributed by atoms with E-state index in [1.165, 1.54) is 4.88 Å². The predicted molar refractivity (Wildman–Crippen MR) is 85.0 cm³/mol. The first-order chi connectivity index (χ1) is 10.1. The van der Waals surface area contributed by atoms with Crippen LogP contribution in [-0.2, 0) is 24.2 Å². The van der Waals surface area contributed by atoms with Gasteiger partial charge in [0.1, 0.15) is 0 Å². The van der Waals surface area contributed by atoms with Gasteiger partial charge in [-0.05, 0) is 42.7 Å². The van der Waals surface area contributed by atoms with Gasteiger partial charge in [0.2, 0.25) is 0 Å². The number of nitrogens with zero attached hydrogens (tertiary/aromatic N) is 1. The highest BCUT2D eigenvalue weighted by Crippen LogP contribution is 2.32. The monoisotopic (exact) mass is 299 g/mol. The highest BCUT2D eigenvalue weighted by Gasteiger charge is 2.35. The third kappa shape index (κ3) is 2.40. The van der Waals surface area contributed by atoms with Crippen LogP contribution in [0.4, 0.5) is 5.69 Å². The fraction of sp³-hybridized carbons (Fsp3) is 0.294. The molecule has 3 nitrogen and oxygen atoms in total. The summed E-state index contributed by atoms with van der Waals surface area (Å²) in [6.45, 7) is 4.63. The van der Waals surface area contributed by atoms with E-state index in [0.717, 1.165) is 29.0 Å². The van der Waals surface area contributed by atoms with Crippen LogP contribution < -0.4 is 4.90 Å². The van der Waals surface area contributed by atoms with E-state index in [-0.39, 0.29) is 5.78 Å². The molecule has 0 fully saturated rings. The third-order valence-electron chi connectivity index (χ3n) is 3.82. The number of rotatable bonds is 4. The van der Waals surface area contributed by atoms with E-state index in [9.17, 15) is 9.59 Å². The summed E-state index contributed by atoms with van der Waals surface area (Å²) in [5.74, 6) is -0.794. The molecule has 0 unspecified atom stereocenters. The molecule has 0 spiro atoms. The molecular weight excluding hydrogens is 282 g/mol. The molecule has 4 heteroatoms. The molecule has 0 saturated carbocycles. The summed E-state index contributed by atoms with van der Waals surface area (Å²) >= 11 is 1.70. The maximum Gasteiger partial charge on any atom is 0.299 e. The Hall–Kier alpha value is -1.94. The van der Waals surface area contributed by atoms with E-state index < -0.39 is 5.91 Å². The fourth-order valence-corrected chi connectivity index (χ4v) is 3.52. The number of Topliss-reactive ketones (excluding diaryl/α,β-unsaturated/α-hetero) is 1. The Morgan fingerprint density at radius 3 is 2.43 bits per heavy atom. The molecule has 1 aliphatic heterocycles. The number of anilines is 1. The van der Waals surface area contributed by atoms with Gasteiger partial charge in [-0.25, -0.2) is 0 Å². The predicted octanol–water partition coefficient (Wildman–Crippen LogP) is 3.60. The van der Waals surface area contributed by atoms with Crippen LogP contribution in [0.1, 0.15) is 39.5 Å². The minimum absolute atomic E-state index is 0.382. The van der Waals surface area contributed by atoms with Gasteiger partial charge in [0.15, 0.2) is 0 Å². The third-order valence-corrected chi connectivity index (χ3v) is 5.04. The van der Waals surface area contributed by atoms with Gasteiger partial charge < -0.3 is 0 Å². The number of aryl methyl sites for hydroxylation is 2. The zero-order valence-electron chi connectivity index (χ0n) is 12.2. The van der Waals surface area contributed by atoms with Crippen LogP contribution in [0, 0.1) is 0 Å². The number of hydrogen-bond acceptors (Lipinski definition) is 3. The van der Waals surface area contributed by atoms with Gasteiger partial charge in [0.05, 0.1) is 17.8 Å². The minimum Gasteiger partial charge on any atom is -0.300 e. The standard InChI is InChI=1S/C17H17NO2S/c1-3-11-5-8-15-14(9-11)16(19)17(20)18(15)10-13-7-6-12(4-2)21-13/h5-9H,3-4,10H2,1-2H3. The van der Waals surface area contributed by atoms with Crippen molar-refractivity contribution >= 4 is 28.7 Å². The van der Waals surface area contributed by atoms with Gasteiger partial charge in [0, 0.05) is 9.75 Å². The highest BCUT2D eigenvalue weighted by atomic mass is 32.1. The van der Waals surface area contributed by atoms with Crippen molar-refractivity contribution in [2.45, 2.75) is 33.2 Å². The van der Waals surface area contributed by atoms with Crippen LogP contribution in [0.15, 0.2) is 30.3 Å². The van der Waals surface area contributed by atoms with E-state index in [2.05, 4.69) is 13.0 Å². The van der Waals surface area contributed by atoms with E-state index >= 15 is 0 Å². The highest BCUT2D eigenvalue weighted by molar-refractivity contribution is 7.12. The lowest BCUT2D eigenvalue weighted by Gasteiger charge is -2.15. The van der Waals surface area contributed by atoms with E-state index in [1.54, 1.807) is 16.2 Å². The number of benzene rings is 1. The number of carbonyl (C=O) groups excluding carboxylic acids is 2. The Morgan fingerprint density at radius 2 is 1.76 bits per heavy atom. The molecule has 0 saturated heterocycles. The second-order valence-electron chi connectivity index (χ2n) is 5.15. The van der Waals surface area contributed by atoms with Gasteiger partial charge in [-0.2, -0.15) is 0 Å². The molecule has 21 heavy (non-hydrogen) atoms. The Kier molecular flexibility index (Phi) is 3.64. The van der Waals surface area contributed by atoms with Crippen LogP contribution in [0.3, 0.4) is 0 Å². The Labute approximate surface area is 128 Å². The summed E-state index contributed by atoms with van der Waals surface area (Å²) in [6.07, 6.45) is 1.85. The van der Waals surface area contributed by atoms with Crippen LogP contribution in [0.2, 0.25) is 0 Å². The Bertz CT molecular complexity index is 717. The molecule has 2 aromatic rings. The van der Waals surface area contributed by atoms with E-state index in [0.29, 0.717) is 12.1 Å². The molecule has 0 bridgehead atoms. The fourth-order valence-electron chi connectivity index (χ4n) is 2.58. The molecule has 2 heterocycles. The second kappa shape index (κ2) is 5.45. The lowest BCUT2D eigenvalue weighted by molar-refractivity contribution is -0.114. The zero-order valence-corrected chi connectivity index (χ0v) is 13.0. The summed E-state index contributed by atoms with van der Waals surface area (Å²) in [7, 11) is 0. The molecule has 1 amide bonds. The number of ketones is 1. The normalized spacial score (nSPS) is 13.9. The topological polar surface area (TPSA) is 37.4 Å². The summed E-state index contributed by atoms with van der Waals surface area (Å²) in [5.41, 5.74) is 2.38. The molecule has 108 valence electrons. The lowest BCUT2D eigenvalue weighted by Crippen LogP contribution is -2.28. The lowest BCUT2D eigenvalue weighted by atomic mass is 10.1. The van der Waals surface area contributed by atoms with E-state index in [4.69, 9.17) is 0 Å². The molecule has 0 atom stereocenters. The van der Waals surface area contributed by atoms with Gasteiger partial charge >= 0.3 is 0 Å². The molecule has 0 radical (unpaired) electrons. The molecular formula is C17H17NO2S. The van der Waals surface area contributed by atoms with Crippen LogP contribution in [0.5, 0.6) is 0 Å². The average molecular weight is 299 g/mol. The van der Waals surface area contributed by atoms with Crippen LogP contribution in [0.25, 0.3) is 0 Å². The molecule has 3 rings (SSSR count). The van der Waals surface area contributed by atoms with Gasteiger partial charge in [0.25, 0.3) is 11.7 Å². The summed E-state index contributed by atoms with van der Waals surface area (Å²) in [4.78, 5) is 28.4. The molecule has 1 aromatic heterocycles. The summed E-state index contributed by atoms with van der Waals surface area (Å²) in [6, 6.07) is 9.86. The number of thiophene rings is 1. The second-order valence-corrected chi connectivity index (χ2v) is 6.40. The largest absolute Gasteiger partial charge is 0.300 e. The van der Waals surface area contributed by atoms with Crippen molar-refractivity contribution in [2.75, 3.05) is 4.90 Å². The molecule has 1 aromatic carbocycles. The van der Waals surface area contributed by atoms with Crippen molar-refractivity contribution in [3.63, 3.8) is 0 Å². The van der Waals surface area contributed by atoms with Crippen LogP contribution >= 0.6 is 11.3 Å². The Morgan fingerprint density at radius 1 is 1.00 bits per heavy atom. The SMILES string of the molecule is CCc1ccc2c(c1)C(=O)C(=O)N2Cc1ccc(CC)s1. The molecule has 0 N–H and O–H groups in total. The molecule has 0 aliphatic carbocycles. The van der Waals surface area contributed by atoms with Crippen molar-refractivity contribution in [2.24, 2.45) is 0 Å². The maximum atomic E-state index is 12.2. The number of fused-ring (bicyclic) bond motifs is 1. The quantitative estimate of drug-likeness (QED) is 0.809. The minimum atomic E-state index is -0.412. The first-order valence-electron chi connectivity index (χ1n) is 7.20. The number of hydrogen-bond donors (Lipinski definition) is 0. The van der Waals surface area contributed by atoms with Crippen molar-refractivity contribution in [1.82, 2.24) is 0 Å². The summed E-state index contributed by atoms with van der Waals surface area (Å²) in [5, 5.41) is 0. The van der Waals surface area contributed by atoms with Gasteiger partial charge in [-0.15, -0.1) is 11.3 Å². The van der Waals surface area contributed by atoms with Crippen LogP contribution in [-0.4, -0.2) is 11.7 Å². The van der Waals surface area contributed by atoms with Crippen molar-refractivity contribution in [3.05, 3.63) is 51.2 Å². The van der Waals surface area contributed by atoms with Crippen molar-refractivity contribution in [3.8, 4) is 0 Å². The Balaban J connectivity index is 1.93. The van der Waals surface area contributed by atoms with Crippen molar-refractivity contribution in [1.29, 1.82) is 0 Å². The average Bonchev–Trinajstić information content (AvgIpc) is 3.06. The smallest absolute Gasteiger partial charge is 0.299 e. The van der Waals surface area contributed by atoms with E-state index in [1.807, 2.05) is 31.2 Å². The number of carbonyl (C=O) groups is 2. The zero-order chi connectivity index (χ0) is 15.0. The first kappa shape index (κ1) is 14.0. The first-order valence-corrected chi connectivity index (χ1v) is 8.02. The van der Waals surface area contributed by atoms with Gasteiger partial charge in [-0.1, -0.05) is 19.9 Å². The van der Waals surface area contributed by atoms with Crippen molar-refractivity contribution < 1.29 is 9.59 Å². The van der Waals surface area contributed by atoms with Gasteiger partial charge in [-0.3, -0.25) is 14.5 Å². The number of amides is 1.